The fourth-order valence-corrected chi connectivity index (χ4v) is 1.32. The lowest BCUT2D eigenvalue weighted by molar-refractivity contribution is -0.141. The molecule has 0 aliphatic carbocycles. The predicted molar refractivity (Wildman–Crippen MR) is 57.4 cm³/mol. The molecule has 2 heterocycles. The Bertz CT molecular complexity index is 581. The van der Waals surface area contributed by atoms with Gasteiger partial charge in [0.05, 0.1) is 5.56 Å². The number of nitrogens with one attached hydrogen (secondary N) is 1. The van der Waals surface area contributed by atoms with Gasteiger partial charge < -0.3 is 0 Å². The van der Waals surface area contributed by atoms with Crippen molar-refractivity contribution in [3.8, 4) is 6.07 Å². The van der Waals surface area contributed by atoms with Crippen LogP contribution in [0, 0.1) is 11.3 Å². The minimum Gasteiger partial charge on any atom is -0.277 e. The van der Waals surface area contributed by atoms with Crippen molar-refractivity contribution in [2.45, 2.75) is 6.18 Å². The summed E-state index contributed by atoms with van der Waals surface area (Å²) in [5.74, 6) is -0.136. The van der Waals surface area contributed by atoms with Crippen LogP contribution in [0.1, 0.15) is 11.3 Å². The number of aromatic nitrogens is 2. The van der Waals surface area contributed by atoms with Crippen LogP contribution in [0.25, 0.3) is 0 Å². The summed E-state index contributed by atoms with van der Waals surface area (Å²) in [4.78, 5) is 3.41. The first-order chi connectivity index (χ1) is 8.50. The van der Waals surface area contributed by atoms with Crippen molar-refractivity contribution in [2.75, 3.05) is 5.43 Å². The molecule has 4 nitrogen and oxygen atoms in total. The number of pyridine rings is 1. The molecule has 18 heavy (non-hydrogen) atoms. The molecule has 1 N–H and O–H groups in total. The van der Waals surface area contributed by atoms with E-state index in [0.29, 0.717) is 0 Å². The van der Waals surface area contributed by atoms with Gasteiger partial charge in [-0.05, 0) is 24.3 Å². The number of nitrogens with zero attached hydrogens (tertiary/aromatic N) is 3. The number of halogens is 3. The maximum absolute atomic E-state index is 12.5. The van der Waals surface area contributed by atoms with Gasteiger partial charge in [-0.25, -0.2) is 4.98 Å². The van der Waals surface area contributed by atoms with Gasteiger partial charge in [-0.2, -0.15) is 18.4 Å². The van der Waals surface area contributed by atoms with Crippen molar-refractivity contribution in [3.05, 3.63) is 47.9 Å². The Hall–Kier alpha value is -2.49. The average Bonchev–Trinajstić information content (AvgIpc) is 2.80. The first-order valence-electron chi connectivity index (χ1n) is 4.89. The Morgan fingerprint density at radius 3 is 2.44 bits per heavy atom. The number of rotatable bonds is 2. The summed E-state index contributed by atoms with van der Waals surface area (Å²) in [7, 11) is 0. The highest BCUT2D eigenvalue weighted by atomic mass is 19.4. The number of anilines is 1. The van der Waals surface area contributed by atoms with E-state index in [1.54, 1.807) is 30.6 Å². The zero-order valence-electron chi connectivity index (χ0n) is 8.94. The Morgan fingerprint density at radius 2 is 1.89 bits per heavy atom. The van der Waals surface area contributed by atoms with Crippen LogP contribution in [-0.2, 0) is 6.18 Å². The van der Waals surface area contributed by atoms with Gasteiger partial charge in [-0.1, -0.05) is 0 Å². The van der Waals surface area contributed by atoms with Gasteiger partial charge in [0.2, 0.25) is 0 Å². The van der Waals surface area contributed by atoms with Crippen LogP contribution in [-0.4, -0.2) is 9.66 Å². The van der Waals surface area contributed by atoms with E-state index < -0.39 is 11.9 Å². The third-order valence-electron chi connectivity index (χ3n) is 2.15. The molecule has 2 rings (SSSR count). The molecule has 0 fully saturated rings. The summed E-state index contributed by atoms with van der Waals surface area (Å²) in [5.41, 5.74) is 1.59. The number of hydrogen-bond acceptors (Lipinski definition) is 3. The average molecular weight is 252 g/mol. The summed E-state index contributed by atoms with van der Waals surface area (Å²) >= 11 is 0. The van der Waals surface area contributed by atoms with E-state index in [0.717, 1.165) is 12.1 Å². The molecule has 2 aromatic rings. The minimum atomic E-state index is -4.54. The van der Waals surface area contributed by atoms with Gasteiger partial charge in [0.1, 0.15) is 11.8 Å². The van der Waals surface area contributed by atoms with Gasteiger partial charge in [0, 0.05) is 12.4 Å². The highest BCUT2D eigenvalue weighted by molar-refractivity contribution is 5.52. The zero-order valence-corrected chi connectivity index (χ0v) is 8.94. The van der Waals surface area contributed by atoms with Gasteiger partial charge in [0.15, 0.2) is 5.82 Å². The molecule has 0 aromatic carbocycles. The summed E-state index contributed by atoms with van der Waals surface area (Å²) in [6.07, 6.45) is -1.37. The van der Waals surface area contributed by atoms with E-state index in [9.17, 15) is 13.2 Å². The summed E-state index contributed by atoms with van der Waals surface area (Å²) in [5, 5.41) is 8.82. The molecule has 0 saturated carbocycles. The van der Waals surface area contributed by atoms with Crippen LogP contribution in [0.15, 0.2) is 36.7 Å². The molecule has 0 amide bonds. The van der Waals surface area contributed by atoms with Crippen LogP contribution in [0.5, 0.6) is 0 Å². The largest absolute Gasteiger partial charge is 0.433 e. The molecule has 2 aromatic heterocycles. The molecular formula is C11H7F3N4. The van der Waals surface area contributed by atoms with Gasteiger partial charge in [-0.15, -0.1) is 0 Å². The molecule has 0 bridgehead atoms. The number of nitriles is 1. The lowest BCUT2D eigenvalue weighted by atomic mass is 10.2. The molecule has 0 spiro atoms. The maximum Gasteiger partial charge on any atom is 0.433 e. The fourth-order valence-electron chi connectivity index (χ4n) is 1.32. The van der Waals surface area contributed by atoms with Crippen LogP contribution in [0.4, 0.5) is 19.0 Å². The van der Waals surface area contributed by atoms with E-state index in [1.165, 1.54) is 4.68 Å². The van der Waals surface area contributed by atoms with Crippen molar-refractivity contribution in [1.82, 2.24) is 9.66 Å². The monoisotopic (exact) mass is 252 g/mol. The second kappa shape index (κ2) is 4.41. The normalized spacial score (nSPS) is 11.0. The zero-order chi connectivity index (χ0) is 13.2. The second-order valence-electron chi connectivity index (χ2n) is 3.40. The van der Waals surface area contributed by atoms with E-state index in [2.05, 4.69) is 10.4 Å². The van der Waals surface area contributed by atoms with Crippen molar-refractivity contribution in [3.63, 3.8) is 0 Å². The first kappa shape index (κ1) is 12.0. The predicted octanol–water partition coefficient (Wildman–Crippen LogP) is 2.65. The smallest absolute Gasteiger partial charge is 0.277 e. The second-order valence-corrected chi connectivity index (χ2v) is 3.40. The maximum atomic E-state index is 12.5. The lowest BCUT2D eigenvalue weighted by Crippen LogP contribution is -2.14. The third-order valence-corrected chi connectivity index (χ3v) is 2.15. The summed E-state index contributed by atoms with van der Waals surface area (Å²) in [6, 6.07) is 7.02. The van der Waals surface area contributed by atoms with Gasteiger partial charge in [0.25, 0.3) is 0 Å². The number of hydrogen-bond donors (Lipinski definition) is 1. The number of alkyl halides is 3. The standard InChI is InChI=1S/C11H7F3N4/c12-11(13,14)9-4-3-8(7-15)10(16-9)17-18-5-1-2-6-18/h1-6H,(H,16,17). The summed E-state index contributed by atoms with van der Waals surface area (Å²) < 4.78 is 38.9. The molecular weight excluding hydrogens is 245 g/mol. The van der Waals surface area contributed by atoms with Crippen LogP contribution in [0.3, 0.4) is 0 Å². The van der Waals surface area contributed by atoms with Crippen molar-refractivity contribution < 1.29 is 13.2 Å². The van der Waals surface area contributed by atoms with E-state index in [4.69, 9.17) is 5.26 Å². The van der Waals surface area contributed by atoms with Crippen molar-refractivity contribution in [1.29, 1.82) is 5.26 Å². The highest BCUT2D eigenvalue weighted by Crippen LogP contribution is 2.29. The first-order valence-corrected chi connectivity index (χ1v) is 4.89. The van der Waals surface area contributed by atoms with Crippen LogP contribution in [0.2, 0.25) is 0 Å². The quantitative estimate of drug-likeness (QED) is 0.893. The molecule has 0 atom stereocenters. The SMILES string of the molecule is N#Cc1ccc(C(F)(F)F)nc1Nn1cccc1. The van der Waals surface area contributed by atoms with Gasteiger partial charge >= 0.3 is 6.18 Å². The van der Waals surface area contributed by atoms with Crippen molar-refractivity contribution in [2.24, 2.45) is 0 Å². The van der Waals surface area contributed by atoms with E-state index >= 15 is 0 Å². The third kappa shape index (κ3) is 2.43. The Morgan fingerprint density at radius 1 is 1.22 bits per heavy atom. The molecule has 7 heteroatoms. The Kier molecular flexibility index (Phi) is 2.93. The van der Waals surface area contributed by atoms with E-state index in [1.807, 2.05) is 0 Å². The van der Waals surface area contributed by atoms with Gasteiger partial charge in [-0.3, -0.25) is 10.1 Å². The fraction of sp³-hybridized carbons (Fsp3) is 0.0909. The van der Waals surface area contributed by atoms with Crippen LogP contribution >= 0.6 is 0 Å². The molecule has 0 aliphatic rings. The molecule has 0 aliphatic heterocycles. The minimum absolute atomic E-state index is 0.0386. The molecule has 92 valence electrons. The topological polar surface area (TPSA) is 53.6 Å². The molecule has 0 saturated heterocycles. The Labute approximate surface area is 100 Å². The molecule has 0 radical (unpaired) electrons. The Balaban J connectivity index is 2.41. The summed E-state index contributed by atoms with van der Waals surface area (Å²) in [6.45, 7) is 0. The highest BCUT2D eigenvalue weighted by Gasteiger charge is 2.33. The van der Waals surface area contributed by atoms with Crippen molar-refractivity contribution >= 4 is 5.82 Å². The lowest BCUT2D eigenvalue weighted by Gasteiger charge is -2.11. The molecule has 0 unspecified atom stereocenters. The van der Waals surface area contributed by atoms with E-state index in [-0.39, 0.29) is 11.4 Å². The van der Waals surface area contributed by atoms with Crippen LogP contribution < -0.4 is 5.43 Å².